The van der Waals surface area contributed by atoms with E-state index in [2.05, 4.69) is 15.3 Å². The summed E-state index contributed by atoms with van der Waals surface area (Å²) in [5.74, 6) is -0.276. The van der Waals surface area contributed by atoms with E-state index >= 15 is 0 Å². The molecule has 0 aliphatic heterocycles. The second-order valence-corrected chi connectivity index (χ2v) is 5.00. The standard InChI is InChI=1S/C13H18ClN3O2/c14-12-9-15-8-11(17-12)13(18)16-6-7-19-10-4-2-1-3-5-10/h8-10H,1-7H2,(H,16,18). The highest BCUT2D eigenvalue weighted by Crippen LogP contribution is 2.19. The van der Waals surface area contributed by atoms with Crippen LogP contribution in [0.4, 0.5) is 0 Å². The lowest BCUT2D eigenvalue weighted by Gasteiger charge is -2.21. The van der Waals surface area contributed by atoms with E-state index in [-0.39, 0.29) is 16.8 Å². The minimum Gasteiger partial charge on any atom is -0.376 e. The molecule has 0 saturated heterocycles. The molecule has 0 spiro atoms. The van der Waals surface area contributed by atoms with Crippen LogP contribution < -0.4 is 5.32 Å². The highest BCUT2D eigenvalue weighted by molar-refractivity contribution is 6.29. The number of hydrogen-bond donors (Lipinski definition) is 1. The fourth-order valence-electron chi connectivity index (χ4n) is 2.16. The predicted octanol–water partition coefficient (Wildman–Crippen LogP) is 2.21. The number of hydrogen-bond acceptors (Lipinski definition) is 4. The van der Waals surface area contributed by atoms with Gasteiger partial charge in [-0.3, -0.25) is 9.78 Å². The van der Waals surface area contributed by atoms with E-state index in [4.69, 9.17) is 16.3 Å². The van der Waals surface area contributed by atoms with E-state index in [1.165, 1.54) is 31.7 Å². The Labute approximate surface area is 117 Å². The molecule has 0 atom stereocenters. The van der Waals surface area contributed by atoms with E-state index in [0.717, 1.165) is 12.8 Å². The molecule has 2 rings (SSSR count). The van der Waals surface area contributed by atoms with Crippen LogP contribution in [0.5, 0.6) is 0 Å². The average molecular weight is 284 g/mol. The summed E-state index contributed by atoms with van der Waals surface area (Å²) in [5.41, 5.74) is 0.227. The number of carbonyl (C=O) groups is 1. The zero-order chi connectivity index (χ0) is 13.5. The van der Waals surface area contributed by atoms with Crippen LogP contribution in [0.25, 0.3) is 0 Å². The Bertz CT molecular complexity index is 422. The van der Waals surface area contributed by atoms with Crippen molar-refractivity contribution in [2.45, 2.75) is 38.2 Å². The predicted molar refractivity (Wildman–Crippen MR) is 72.2 cm³/mol. The summed E-state index contributed by atoms with van der Waals surface area (Å²) in [6.45, 7) is 1.01. The van der Waals surface area contributed by atoms with E-state index in [0.29, 0.717) is 19.3 Å². The van der Waals surface area contributed by atoms with Crippen molar-refractivity contribution in [2.24, 2.45) is 0 Å². The first-order chi connectivity index (χ1) is 9.25. The number of carbonyl (C=O) groups excluding carboxylic acids is 1. The number of aromatic nitrogens is 2. The zero-order valence-electron chi connectivity index (χ0n) is 10.8. The molecule has 1 aromatic rings. The van der Waals surface area contributed by atoms with Gasteiger partial charge in [0.2, 0.25) is 0 Å². The largest absolute Gasteiger partial charge is 0.376 e. The maximum absolute atomic E-state index is 11.7. The molecule has 1 N–H and O–H groups in total. The van der Waals surface area contributed by atoms with Crippen LogP contribution in [0.15, 0.2) is 12.4 Å². The van der Waals surface area contributed by atoms with Gasteiger partial charge in [0.1, 0.15) is 10.8 Å². The average Bonchev–Trinajstić information content (AvgIpc) is 2.44. The number of ether oxygens (including phenoxy) is 1. The molecule has 0 aromatic carbocycles. The van der Waals surface area contributed by atoms with Gasteiger partial charge in [-0.15, -0.1) is 0 Å². The third-order valence-electron chi connectivity index (χ3n) is 3.13. The smallest absolute Gasteiger partial charge is 0.271 e. The Morgan fingerprint density at radius 2 is 2.16 bits per heavy atom. The van der Waals surface area contributed by atoms with E-state index in [1.54, 1.807) is 0 Å². The Morgan fingerprint density at radius 1 is 1.37 bits per heavy atom. The molecule has 1 amide bonds. The molecule has 0 unspecified atom stereocenters. The quantitative estimate of drug-likeness (QED) is 0.842. The van der Waals surface area contributed by atoms with Crippen molar-refractivity contribution in [3.8, 4) is 0 Å². The van der Waals surface area contributed by atoms with Crippen molar-refractivity contribution in [2.75, 3.05) is 13.2 Å². The molecule has 1 heterocycles. The summed E-state index contributed by atoms with van der Waals surface area (Å²) in [4.78, 5) is 19.4. The third kappa shape index (κ3) is 4.76. The molecule has 1 aromatic heterocycles. The van der Waals surface area contributed by atoms with Crippen LogP contribution in [0, 0.1) is 0 Å². The van der Waals surface area contributed by atoms with E-state index in [9.17, 15) is 4.79 Å². The molecule has 0 bridgehead atoms. The van der Waals surface area contributed by atoms with Gasteiger partial charge in [0, 0.05) is 6.54 Å². The summed E-state index contributed by atoms with van der Waals surface area (Å²) < 4.78 is 5.72. The van der Waals surface area contributed by atoms with E-state index in [1.807, 2.05) is 0 Å². The van der Waals surface area contributed by atoms with Gasteiger partial charge >= 0.3 is 0 Å². The molecule has 5 nitrogen and oxygen atoms in total. The fraction of sp³-hybridized carbons (Fsp3) is 0.615. The highest BCUT2D eigenvalue weighted by atomic mass is 35.5. The molecule has 0 radical (unpaired) electrons. The molecule has 6 heteroatoms. The normalized spacial score (nSPS) is 16.3. The van der Waals surface area contributed by atoms with Crippen LogP contribution in [0.2, 0.25) is 5.15 Å². The molecular weight excluding hydrogens is 266 g/mol. The Morgan fingerprint density at radius 3 is 2.89 bits per heavy atom. The van der Waals surface area contributed by atoms with Gasteiger partial charge in [-0.1, -0.05) is 30.9 Å². The van der Waals surface area contributed by atoms with Crippen LogP contribution >= 0.6 is 11.6 Å². The van der Waals surface area contributed by atoms with Crippen molar-refractivity contribution >= 4 is 17.5 Å². The first-order valence-electron chi connectivity index (χ1n) is 6.63. The zero-order valence-corrected chi connectivity index (χ0v) is 11.5. The van der Waals surface area contributed by atoms with E-state index < -0.39 is 0 Å². The first-order valence-corrected chi connectivity index (χ1v) is 7.01. The number of rotatable bonds is 5. The molecular formula is C13H18ClN3O2. The van der Waals surface area contributed by atoms with Crippen LogP contribution in [0.3, 0.4) is 0 Å². The van der Waals surface area contributed by atoms with Crippen molar-refractivity contribution in [3.63, 3.8) is 0 Å². The van der Waals surface area contributed by atoms with Crippen molar-refractivity contribution in [1.29, 1.82) is 0 Å². The summed E-state index contributed by atoms with van der Waals surface area (Å²) in [7, 11) is 0. The number of nitrogens with one attached hydrogen (secondary N) is 1. The topological polar surface area (TPSA) is 64.1 Å². The molecule has 19 heavy (non-hydrogen) atoms. The molecule has 1 aliphatic carbocycles. The van der Waals surface area contributed by atoms with Gasteiger partial charge in [-0.2, -0.15) is 0 Å². The van der Waals surface area contributed by atoms with Gasteiger partial charge in [-0.05, 0) is 12.8 Å². The maximum Gasteiger partial charge on any atom is 0.271 e. The fourth-order valence-corrected chi connectivity index (χ4v) is 2.31. The Kier molecular flexibility index (Phi) is 5.54. The summed E-state index contributed by atoms with van der Waals surface area (Å²) in [6, 6.07) is 0. The Hall–Kier alpha value is -1.20. The lowest BCUT2D eigenvalue weighted by Crippen LogP contribution is -2.30. The molecule has 1 fully saturated rings. The molecule has 1 saturated carbocycles. The molecule has 104 valence electrons. The van der Waals surface area contributed by atoms with Gasteiger partial charge in [0.15, 0.2) is 0 Å². The second-order valence-electron chi connectivity index (χ2n) is 4.61. The Balaban J connectivity index is 1.66. The van der Waals surface area contributed by atoms with Gasteiger partial charge in [0.05, 0.1) is 25.1 Å². The summed E-state index contributed by atoms with van der Waals surface area (Å²) in [6.07, 6.45) is 9.21. The minimum absolute atomic E-state index is 0.214. The third-order valence-corrected chi connectivity index (χ3v) is 3.31. The lowest BCUT2D eigenvalue weighted by atomic mass is 9.98. The maximum atomic E-state index is 11.7. The highest BCUT2D eigenvalue weighted by Gasteiger charge is 2.13. The van der Waals surface area contributed by atoms with Gasteiger partial charge < -0.3 is 10.1 Å². The minimum atomic E-state index is -0.276. The van der Waals surface area contributed by atoms with Crippen molar-refractivity contribution < 1.29 is 9.53 Å². The van der Waals surface area contributed by atoms with Crippen molar-refractivity contribution in [1.82, 2.24) is 15.3 Å². The summed E-state index contributed by atoms with van der Waals surface area (Å²) >= 11 is 5.67. The lowest BCUT2D eigenvalue weighted by molar-refractivity contribution is 0.0299. The van der Waals surface area contributed by atoms with Crippen LogP contribution in [-0.2, 0) is 4.74 Å². The number of halogens is 1. The number of amides is 1. The SMILES string of the molecule is O=C(NCCOC1CCCCC1)c1cncc(Cl)n1. The van der Waals surface area contributed by atoms with Gasteiger partial charge in [-0.25, -0.2) is 4.98 Å². The monoisotopic (exact) mass is 283 g/mol. The molecule has 1 aliphatic rings. The summed E-state index contributed by atoms with van der Waals surface area (Å²) in [5, 5.41) is 2.95. The number of nitrogens with zero attached hydrogens (tertiary/aromatic N) is 2. The van der Waals surface area contributed by atoms with Crippen LogP contribution in [0.1, 0.15) is 42.6 Å². The second kappa shape index (κ2) is 7.40. The van der Waals surface area contributed by atoms with Crippen LogP contribution in [-0.4, -0.2) is 35.1 Å². The van der Waals surface area contributed by atoms with Crippen molar-refractivity contribution in [3.05, 3.63) is 23.2 Å². The first kappa shape index (κ1) is 14.2. The van der Waals surface area contributed by atoms with Gasteiger partial charge in [0.25, 0.3) is 5.91 Å².